The number of hydrogen-bond donors (Lipinski definition) is 1. The Balaban J connectivity index is 1.04. The van der Waals surface area contributed by atoms with Gasteiger partial charge in [-0.15, -0.1) is 0 Å². The molecule has 2 aliphatic heterocycles. The van der Waals surface area contributed by atoms with E-state index in [2.05, 4.69) is 150 Å². The van der Waals surface area contributed by atoms with E-state index in [0.29, 0.717) is 12.0 Å². The van der Waals surface area contributed by atoms with E-state index in [4.69, 9.17) is 9.40 Å². The van der Waals surface area contributed by atoms with E-state index in [1.54, 1.807) is 5.57 Å². The molecule has 3 atom stereocenters. The number of rotatable bonds is 5. The SMILES string of the molecule is C1=CC2=C(CC1)C1C=CCCC1N2c1cc2c(oc3cccc(-c4ccc(-c5cc(-c6ccccc6)nc(C6CC=CCN6)c5)cc4)c32)c2c1CCC=C2. The zero-order chi connectivity index (χ0) is 35.6. The van der Waals surface area contributed by atoms with Gasteiger partial charge in [0.2, 0.25) is 0 Å². The van der Waals surface area contributed by atoms with Gasteiger partial charge in [-0.1, -0.05) is 109 Å². The predicted octanol–water partition coefficient (Wildman–Crippen LogP) is 12.3. The van der Waals surface area contributed by atoms with Crippen molar-refractivity contribution in [3.8, 4) is 33.5 Å². The predicted molar refractivity (Wildman–Crippen MR) is 223 cm³/mol. The van der Waals surface area contributed by atoms with E-state index >= 15 is 0 Å². The van der Waals surface area contributed by atoms with Crippen LogP contribution in [0, 0.1) is 5.92 Å². The highest BCUT2D eigenvalue weighted by Crippen LogP contribution is 2.50. The summed E-state index contributed by atoms with van der Waals surface area (Å²) in [5.41, 5.74) is 17.1. The normalized spacial score (nSPS) is 21.6. The largest absolute Gasteiger partial charge is 0.455 e. The lowest BCUT2D eigenvalue weighted by Crippen LogP contribution is -2.35. The van der Waals surface area contributed by atoms with Gasteiger partial charge in [0.25, 0.3) is 0 Å². The molecular weight excluding hydrogens is 659 g/mol. The number of benzene rings is 4. The fourth-order valence-electron chi connectivity index (χ4n) is 9.85. The lowest BCUT2D eigenvalue weighted by atomic mass is 9.84. The molecule has 54 heavy (non-hydrogen) atoms. The second-order valence-electron chi connectivity index (χ2n) is 15.5. The maximum Gasteiger partial charge on any atom is 0.143 e. The van der Waals surface area contributed by atoms with Gasteiger partial charge in [-0.3, -0.25) is 4.98 Å². The van der Waals surface area contributed by atoms with Crippen LogP contribution in [0.2, 0.25) is 0 Å². The van der Waals surface area contributed by atoms with Crippen LogP contribution in [0.25, 0.3) is 61.5 Å². The molecule has 4 nitrogen and oxygen atoms in total. The molecule has 0 saturated carbocycles. The summed E-state index contributed by atoms with van der Waals surface area (Å²) in [5, 5.41) is 6.06. The summed E-state index contributed by atoms with van der Waals surface area (Å²) < 4.78 is 6.84. The first-order valence-corrected chi connectivity index (χ1v) is 19.9. The fourth-order valence-corrected chi connectivity index (χ4v) is 9.85. The van der Waals surface area contributed by atoms with Crippen molar-refractivity contribution in [2.24, 2.45) is 5.92 Å². The van der Waals surface area contributed by atoms with Crippen molar-refractivity contribution in [3.63, 3.8) is 0 Å². The molecule has 0 saturated heterocycles. The highest BCUT2D eigenvalue weighted by atomic mass is 16.3. The molecule has 0 spiro atoms. The summed E-state index contributed by atoms with van der Waals surface area (Å²) in [4.78, 5) is 7.90. The highest BCUT2D eigenvalue weighted by Gasteiger charge is 2.41. The van der Waals surface area contributed by atoms with Crippen LogP contribution in [0.1, 0.15) is 61.4 Å². The lowest BCUT2D eigenvalue weighted by molar-refractivity contribution is 0.515. The Morgan fingerprint density at radius 2 is 1.59 bits per heavy atom. The first-order chi connectivity index (χ1) is 26.8. The van der Waals surface area contributed by atoms with E-state index in [1.165, 1.54) is 62.0 Å². The van der Waals surface area contributed by atoms with Crippen LogP contribution >= 0.6 is 0 Å². The third-order valence-electron chi connectivity index (χ3n) is 12.4. The number of nitrogens with one attached hydrogen (secondary N) is 1. The number of allylic oxidation sites excluding steroid dienone is 4. The molecule has 4 aromatic carbocycles. The minimum absolute atomic E-state index is 0.201. The molecule has 4 heterocycles. The number of hydrogen-bond acceptors (Lipinski definition) is 4. The van der Waals surface area contributed by atoms with E-state index in [1.807, 2.05) is 0 Å². The molecule has 11 rings (SSSR count). The molecule has 0 bridgehead atoms. The summed E-state index contributed by atoms with van der Waals surface area (Å²) >= 11 is 0. The van der Waals surface area contributed by atoms with Crippen molar-refractivity contribution in [2.75, 3.05) is 11.4 Å². The van der Waals surface area contributed by atoms with Crippen LogP contribution in [0.4, 0.5) is 5.69 Å². The summed E-state index contributed by atoms with van der Waals surface area (Å²) in [7, 11) is 0. The molecule has 0 amide bonds. The Morgan fingerprint density at radius 1 is 0.722 bits per heavy atom. The summed E-state index contributed by atoms with van der Waals surface area (Å²) in [6.07, 6.45) is 26.5. The number of aromatic nitrogens is 1. The molecular formula is C50H43N3O. The average Bonchev–Trinajstić information content (AvgIpc) is 3.80. The zero-order valence-corrected chi connectivity index (χ0v) is 30.5. The van der Waals surface area contributed by atoms with Gasteiger partial charge >= 0.3 is 0 Å². The maximum atomic E-state index is 6.84. The highest BCUT2D eigenvalue weighted by molar-refractivity contribution is 6.15. The van der Waals surface area contributed by atoms with Gasteiger partial charge in [0.15, 0.2) is 0 Å². The quantitative estimate of drug-likeness (QED) is 0.182. The van der Waals surface area contributed by atoms with Crippen molar-refractivity contribution < 1.29 is 4.42 Å². The molecule has 1 N–H and O–H groups in total. The monoisotopic (exact) mass is 701 g/mol. The van der Waals surface area contributed by atoms with Crippen LogP contribution in [-0.4, -0.2) is 17.6 Å². The molecule has 4 heteroatoms. The van der Waals surface area contributed by atoms with Gasteiger partial charge < -0.3 is 14.6 Å². The number of pyridine rings is 1. The Morgan fingerprint density at radius 3 is 2.48 bits per heavy atom. The number of furan rings is 1. The smallest absolute Gasteiger partial charge is 0.143 e. The molecule has 2 aromatic heterocycles. The second kappa shape index (κ2) is 13.0. The van der Waals surface area contributed by atoms with Gasteiger partial charge in [0, 0.05) is 51.8 Å². The number of fused-ring (bicyclic) bond motifs is 7. The molecule has 0 radical (unpaired) electrons. The Hall–Kier alpha value is -5.71. The van der Waals surface area contributed by atoms with Gasteiger partial charge in [0.05, 0.1) is 17.4 Å². The van der Waals surface area contributed by atoms with Crippen LogP contribution < -0.4 is 10.2 Å². The van der Waals surface area contributed by atoms with Crippen molar-refractivity contribution in [1.29, 1.82) is 0 Å². The van der Waals surface area contributed by atoms with Crippen molar-refractivity contribution in [2.45, 2.75) is 57.0 Å². The van der Waals surface area contributed by atoms with Gasteiger partial charge in [-0.25, -0.2) is 0 Å². The topological polar surface area (TPSA) is 41.3 Å². The van der Waals surface area contributed by atoms with Gasteiger partial charge in [0.1, 0.15) is 11.2 Å². The Kier molecular flexibility index (Phi) is 7.65. The van der Waals surface area contributed by atoms with Gasteiger partial charge in [-0.05, 0) is 109 Å². The Bertz CT molecular complexity index is 2600. The van der Waals surface area contributed by atoms with E-state index in [0.717, 1.165) is 73.2 Å². The second-order valence-corrected chi connectivity index (χ2v) is 15.5. The molecule has 264 valence electrons. The lowest BCUT2D eigenvalue weighted by Gasteiger charge is -2.35. The van der Waals surface area contributed by atoms with Crippen LogP contribution in [0.5, 0.6) is 0 Å². The standard InChI is InChI=1S/C50H43N3O/c1-2-13-34(14-3-1)43-29-35(30-44(52-43)42-20-10-11-28-51-42)32-24-26-33(27-25-32)36-19-12-23-48-49(36)41-31-47(39-17-4-5-18-40(39)50(41)54-48)53-45-21-8-6-15-37(45)38-16-7-9-22-46(38)53/h1-3,5-6,9-15,18-19,22-27,29-31,37,42,45,51H,4,7-8,16-17,20-21,28H2. The van der Waals surface area contributed by atoms with E-state index in [9.17, 15) is 0 Å². The van der Waals surface area contributed by atoms with Crippen molar-refractivity contribution >= 4 is 33.7 Å². The first kappa shape index (κ1) is 31.8. The van der Waals surface area contributed by atoms with Crippen molar-refractivity contribution in [1.82, 2.24) is 10.3 Å². The summed E-state index contributed by atoms with van der Waals surface area (Å²) in [5.74, 6) is 0.510. The first-order valence-electron chi connectivity index (χ1n) is 19.9. The molecule has 6 aromatic rings. The molecule has 0 fully saturated rings. The molecule has 5 aliphatic rings. The Labute approximate surface area is 316 Å². The minimum atomic E-state index is 0.201. The molecule has 3 aliphatic carbocycles. The van der Waals surface area contributed by atoms with E-state index < -0.39 is 0 Å². The van der Waals surface area contributed by atoms with Crippen LogP contribution in [0.15, 0.2) is 149 Å². The maximum absolute atomic E-state index is 6.84. The minimum Gasteiger partial charge on any atom is -0.455 e. The number of anilines is 1. The van der Waals surface area contributed by atoms with Crippen molar-refractivity contribution in [3.05, 3.63) is 162 Å². The molecule has 3 unspecified atom stereocenters. The average molecular weight is 702 g/mol. The number of nitrogens with zero attached hydrogens (tertiary/aromatic N) is 2. The third kappa shape index (κ3) is 5.19. The zero-order valence-electron chi connectivity index (χ0n) is 30.5. The van der Waals surface area contributed by atoms with E-state index in [-0.39, 0.29) is 6.04 Å². The summed E-state index contributed by atoms with van der Waals surface area (Å²) in [6, 6.07) is 33.9. The van der Waals surface area contributed by atoms with Gasteiger partial charge in [-0.2, -0.15) is 0 Å². The van der Waals surface area contributed by atoms with Crippen LogP contribution in [-0.2, 0) is 6.42 Å². The summed E-state index contributed by atoms with van der Waals surface area (Å²) in [6.45, 7) is 0.868. The third-order valence-corrected chi connectivity index (χ3v) is 12.4. The van der Waals surface area contributed by atoms with Crippen LogP contribution in [0.3, 0.4) is 0 Å². The fraction of sp³-hybridized carbons (Fsp3) is 0.220.